The molecule has 2 aliphatic heterocycles. The summed E-state index contributed by atoms with van der Waals surface area (Å²) in [5.41, 5.74) is -3.23. The highest BCUT2D eigenvalue weighted by Crippen LogP contribution is 2.37. The Bertz CT molecular complexity index is 1290. The van der Waals surface area contributed by atoms with Gasteiger partial charge in [-0.25, -0.2) is 4.39 Å². The van der Waals surface area contributed by atoms with Crippen LogP contribution >= 0.6 is 0 Å². The molecule has 2 aromatic carbocycles. The summed E-state index contributed by atoms with van der Waals surface area (Å²) in [6, 6.07) is 4.58. The number of piperidine rings is 1. The Morgan fingerprint density at radius 2 is 1.56 bits per heavy atom. The fraction of sp³-hybridized carbons (Fsp3) is 0.581. The maximum absolute atomic E-state index is 14.1. The maximum Gasteiger partial charge on any atom is 0.416 e. The van der Waals surface area contributed by atoms with Crippen LogP contribution in [0.4, 0.5) is 30.7 Å². The van der Waals surface area contributed by atoms with Crippen molar-refractivity contribution >= 4 is 5.91 Å². The summed E-state index contributed by atoms with van der Waals surface area (Å²) in [7, 11) is 4.61. The molecule has 0 bridgehead atoms. The molecular weight excluding hydrogens is 611 g/mol. The number of hydrogen-bond donors (Lipinski definition) is 0. The first-order valence-corrected chi connectivity index (χ1v) is 14.6. The average molecular weight is 650 g/mol. The molecule has 45 heavy (non-hydrogen) atoms. The van der Waals surface area contributed by atoms with Crippen molar-refractivity contribution in [1.82, 2.24) is 14.7 Å². The molecule has 2 fully saturated rings. The number of methoxy groups -OCH3 is 3. The van der Waals surface area contributed by atoms with E-state index in [2.05, 4.69) is 16.7 Å². The molecule has 250 valence electrons. The number of piperazine rings is 1. The first kappa shape index (κ1) is 34.9. The van der Waals surface area contributed by atoms with Gasteiger partial charge in [-0.15, -0.1) is 0 Å². The second-order valence-electron chi connectivity index (χ2n) is 11.5. The van der Waals surface area contributed by atoms with Gasteiger partial charge in [-0.3, -0.25) is 14.6 Å². The zero-order valence-corrected chi connectivity index (χ0v) is 25.6. The number of amides is 1. The lowest BCUT2D eigenvalue weighted by molar-refractivity contribution is -0.143. The van der Waals surface area contributed by atoms with Gasteiger partial charge in [0.05, 0.1) is 30.4 Å². The molecule has 1 unspecified atom stereocenters. The number of carbonyl (C=O) groups is 1. The molecule has 2 saturated heterocycles. The van der Waals surface area contributed by atoms with E-state index in [4.69, 9.17) is 14.2 Å². The highest BCUT2D eigenvalue weighted by atomic mass is 19.4. The maximum atomic E-state index is 14.1. The minimum Gasteiger partial charge on any atom is -0.494 e. The highest BCUT2D eigenvalue weighted by molar-refractivity contribution is 5.95. The Kier molecular flexibility index (Phi) is 11.0. The van der Waals surface area contributed by atoms with E-state index in [1.165, 1.54) is 30.2 Å². The average Bonchev–Trinajstić information content (AvgIpc) is 3.00. The van der Waals surface area contributed by atoms with Crippen molar-refractivity contribution in [3.8, 4) is 5.75 Å². The molecular formula is C31H38F7N3O4. The summed E-state index contributed by atoms with van der Waals surface area (Å²) < 4.78 is 112. The van der Waals surface area contributed by atoms with Gasteiger partial charge in [0.1, 0.15) is 0 Å². The molecule has 0 spiro atoms. The number of alkyl halides is 6. The second kappa shape index (κ2) is 14.2. The second-order valence-corrected chi connectivity index (χ2v) is 11.5. The molecule has 14 heteroatoms. The lowest BCUT2D eigenvalue weighted by Gasteiger charge is -2.45. The number of nitrogens with zero attached hydrogens (tertiary/aromatic N) is 3. The van der Waals surface area contributed by atoms with Crippen LogP contribution in [0.15, 0.2) is 36.4 Å². The third-order valence-electron chi connectivity index (χ3n) is 8.74. The molecule has 7 nitrogen and oxygen atoms in total. The summed E-state index contributed by atoms with van der Waals surface area (Å²) in [6.45, 7) is 4.72. The van der Waals surface area contributed by atoms with Gasteiger partial charge in [-0.05, 0) is 49.2 Å². The first-order valence-electron chi connectivity index (χ1n) is 14.6. The van der Waals surface area contributed by atoms with Crippen molar-refractivity contribution in [2.75, 3.05) is 60.6 Å². The van der Waals surface area contributed by atoms with Gasteiger partial charge in [-0.1, -0.05) is 6.07 Å². The van der Waals surface area contributed by atoms with Gasteiger partial charge < -0.3 is 19.1 Å². The Morgan fingerprint density at radius 1 is 0.889 bits per heavy atom. The topological polar surface area (TPSA) is 54.5 Å². The van der Waals surface area contributed by atoms with Gasteiger partial charge in [0.25, 0.3) is 5.91 Å². The summed E-state index contributed by atoms with van der Waals surface area (Å²) in [5.74, 6) is -1.56. The van der Waals surface area contributed by atoms with Crippen LogP contribution < -0.4 is 4.74 Å². The Labute approximate surface area is 257 Å². The van der Waals surface area contributed by atoms with Gasteiger partial charge in [0.2, 0.25) is 0 Å². The van der Waals surface area contributed by atoms with Crippen LogP contribution in [0.1, 0.15) is 40.4 Å². The number of halogens is 7. The van der Waals surface area contributed by atoms with Gasteiger partial charge >= 0.3 is 12.4 Å². The quantitative estimate of drug-likeness (QED) is 0.341. The van der Waals surface area contributed by atoms with Crippen LogP contribution in [-0.2, 0) is 28.2 Å². The molecule has 4 atom stereocenters. The van der Waals surface area contributed by atoms with E-state index in [1.54, 1.807) is 14.2 Å². The minimum absolute atomic E-state index is 0.000851. The normalized spacial score (nSPS) is 23.8. The molecule has 2 aliphatic rings. The van der Waals surface area contributed by atoms with E-state index in [0.29, 0.717) is 50.4 Å². The van der Waals surface area contributed by atoms with Crippen molar-refractivity contribution in [1.29, 1.82) is 0 Å². The summed E-state index contributed by atoms with van der Waals surface area (Å²) >= 11 is 0. The van der Waals surface area contributed by atoms with Crippen molar-refractivity contribution in [2.24, 2.45) is 0 Å². The number of hydrogen-bond acceptors (Lipinski definition) is 6. The summed E-state index contributed by atoms with van der Waals surface area (Å²) in [6.07, 6.45) is -9.27. The Hall–Kier alpha value is -2.94. The number of benzene rings is 2. The highest BCUT2D eigenvalue weighted by Gasteiger charge is 2.40. The van der Waals surface area contributed by atoms with Gasteiger partial charge in [-0.2, -0.15) is 26.3 Å². The summed E-state index contributed by atoms with van der Waals surface area (Å²) in [4.78, 5) is 19.4. The van der Waals surface area contributed by atoms with Crippen molar-refractivity contribution < 1.29 is 49.7 Å². The lowest BCUT2D eigenvalue weighted by atomic mass is 9.97. The molecule has 0 saturated carbocycles. The fourth-order valence-electron chi connectivity index (χ4n) is 6.13. The van der Waals surface area contributed by atoms with E-state index < -0.39 is 46.8 Å². The lowest BCUT2D eigenvalue weighted by Crippen LogP contribution is -2.58. The van der Waals surface area contributed by atoms with Crippen molar-refractivity contribution in [2.45, 2.75) is 56.4 Å². The number of rotatable bonds is 9. The standard InChI is InChI=1S/C31H38F7N3O4/c1-19-27(44-3)16-25(43-2)18-40(19)9-7-39-8-10-41(24(17-39)11-20-5-6-26(32)28(12-20)45-4)29(42)21-13-22(30(33,34)35)15-23(14-21)31(36,37)38/h5-6,12-15,19,24-25,27H,7-11,16-18H2,1-4H3/t19-,24-,25?,27-/m1/s1. The van der Waals surface area contributed by atoms with Crippen molar-refractivity contribution in [3.63, 3.8) is 0 Å². The van der Waals surface area contributed by atoms with Crippen LogP contribution in [0, 0.1) is 5.82 Å². The first-order chi connectivity index (χ1) is 21.1. The zero-order valence-electron chi connectivity index (χ0n) is 25.6. The predicted octanol–water partition coefficient (Wildman–Crippen LogP) is 5.37. The number of carbonyl (C=O) groups excluding carboxylic acids is 1. The van der Waals surface area contributed by atoms with Crippen LogP contribution in [0.2, 0.25) is 0 Å². The zero-order chi connectivity index (χ0) is 33.1. The van der Waals surface area contributed by atoms with Crippen molar-refractivity contribution in [3.05, 3.63) is 64.5 Å². The van der Waals surface area contributed by atoms with Gasteiger partial charge in [0.15, 0.2) is 11.6 Å². The molecule has 2 heterocycles. The monoisotopic (exact) mass is 649 g/mol. The Morgan fingerprint density at radius 3 is 2.13 bits per heavy atom. The fourth-order valence-corrected chi connectivity index (χ4v) is 6.13. The molecule has 0 aromatic heterocycles. The molecule has 0 radical (unpaired) electrons. The third-order valence-corrected chi connectivity index (χ3v) is 8.74. The minimum atomic E-state index is -5.09. The van der Waals surface area contributed by atoms with E-state index in [0.717, 1.165) is 6.42 Å². The SMILES string of the molecule is COc1cc(C[C@@H]2CN(CCN3CC(OC)C[C@@H](OC)[C@H]3C)CCN2C(=O)c2cc(C(F)(F)F)cc(C(F)(F)F)c2)ccc1F. The molecule has 2 aromatic rings. The largest absolute Gasteiger partial charge is 0.494 e. The predicted molar refractivity (Wildman–Crippen MR) is 152 cm³/mol. The van der Waals surface area contributed by atoms with Crippen LogP contribution in [0.3, 0.4) is 0 Å². The van der Waals surface area contributed by atoms with Crippen LogP contribution in [0.5, 0.6) is 5.75 Å². The smallest absolute Gasteiger partial charge is 0.416 e. The summed E-state index contributed by atoms with van der Waals surface area (Å²) in [5, 5.41) is 0. The Balaban J connectivity index is 1.60. The number of ether oxygens (including phenoxy) is 3. The van der Waals surface area contributed by atoms with Gasteiger partial charge in [0, 0.05) is 77.6 Å². The van der Waals surface area contributed by atoms with E-state index in [9.17, 15) is 35.5 Å². The van der Waals surface area contributed by atoms with Crippen LogP contribution in [0.25, 0.3) is 0 Å². The number of likely N-dealkylation sites (tertiary alicyclic amines) is 1. The van der Waals surface area contributed by atoms with Crippen LogP contribution in [-0.4, -0.2) is 105 Å². The van der Waals surface area contributed by atoms with E-state index in [1.807, 2.05) is 0 Å². The molecule has 0 aliphatic carbocycles. The molecule has 1 amide bonds. The van der Waals surface area contributed by atoms with E-state index in [-0.39, 0.29) is 43.0 Å². The molecule has 4 rings (SSSR count). The van der Waals surface area contributed by atoms with E-state index >= 15 is 0 Å². The third kappa shape index (κ3) is 8.46. The molecule has 0 N–H and O–H groups in total.